The summed E-state index contributed by atoms with van der Waals surface area (Å²) >= 11 is 0. The van der Waals surface area contributed by atoms with Gasteiger partial charge in [-0.25, -0.2) is 8.78 Å². The SMILES string of the molecule is CCCC1CCC(CC(F)COc2ccc(OCC(F)CC3CCC(C)CC3)c(F)c2F)CC1. The van der Waals surface area contributed by atoms with E-state index in [1.165, 1.54) is 25.0 Å². The van der Waals surface area contributed by atoms with Gasteiger partial charge in [0.25, 0.3) is 0 Å². The first-order valence-corrected chi connectivity index (χ1v) is 13.4. The van der Waals surface area contributed by atoms with Gasteiger partial charge >= 0.3 is 0 Å². The lowest BCUT2D eigenvalue weighted by Gasteiger charge is -2.29. The van der Waals surface area contributed by atoms with Crippen LogP contribution in [0.2, 0.25) is 0 Å². The van der Waals surface area contributed by atoms with Crippen molar-refractivity contribution in [2.75, 3.05) is 13.2 Å². The van der Waals surface area contributed by atoms with Crippen molar-refractivity contribution < 1.29 is 27.0 Å². The largest absolute Gasteiger partial charge is 0.487 e. The van der Waals surface area contributed by atoms with E-state index >= 15 is 0 Å². The zero-order valence-corrected chi connectivity index (χ0v) is 20.8. The second-order valence-corrected chi connectivity index (χ2v) is 10.8. The van der Waals surface area contributed by atoms with E-state index in [9.17, 15) is 17.6 Å². The van der Waals surface area contributed by atoms with Crippen LogP contribution in [0.15, 0.2) is 12.1 Å². The van der Waals surface area contributed by atoms with Crippen LogP contribution < -0.4 is 9.47 Å². The Bertz CT molecular complexity index is 727. The van der Waals surface area contributed by atoms with Crippen LogP contribution in [0.25, 0.3) is 0 Å². The molecule has 2 unspecified atom stereocenters. The van der Waals surface area contributed by atoms with Gasteiger partial charge < -0.3 is 9.47 Å². The van der Waals surface area contributed by atoms with Crippen molar-refractivity contribution in [3.8, 4) is 11.5 Å². The van der Waals surface area contributed by atoms with Crippen LogP contribution in [0.4, 0.5) is 17.6 Å². The van der Waals surface area contributed by atoms with Crippen molar-refractivity contribution >= 4 is 0 Å². The molecule has 0 spiro atoms. The van der Waals surface area contributed by atoms with Gasteiger partial charge in [-0.05, 0) is 48.6 Å². The van der Waals surface area contributed by atoms with Gasteiger partial charge in [0.15, 0.2) is 11.5 Å². The summed E-state index contributed by atoms with van der Waals surface area (Å²) in [5.41, 5.74) is 0. The molecule has 194 valence electrons. The zero-order chi connectivity index (χ0) is 24.5. The molecule has 0 bridgehead atoms. The molecule has 0 heterocycles. The minimum Gasteiger partial charge on any atom is -0.487 e. The number of halogens is 4. The molecule has 1 aromatic carbocycles. The summed E-state index contributed by atoms with van der Waals surface area (Å²) in [6.07, 6.45) is 9.34. The summed E-state index contributed by atoms with van der Waals surface area (Å²) < 4.78 is 68.1. The molecule has 2 fully saturated rings. The third kappa shape index (κ3) is 8.34. The predicted molar refractivity (Wildman–Crippen MR) is 128 cm³/mol. The van der Waals surface area contributed by atoms with E-state index in [0.29, 0.717) is 30.6 Å². The first-order chi connectivity index (χ1) is 16.4. The average Bonchev–Trinajstić information content (AvgIpc) is 2.82. The number of rotatable bonds is 12. The highest BCUT2D eigenvalue weighted by Crippen LogP contribution is 2.35. The fraction of sp³-hybridized carbons (Fsp3) is 0.786. The van der Waals surface area contributed by atoms with Gasteiger partial charge in [-0.3, -0.25) is 0 Å². The molecule has 2 aliphatic rings. The Kier molecular flexibility index (Phi) is 10.8. The van der Waals surface area contributed by atoms with E-state index < -0.39 is 24.0 Å². The van der Waals surface area contributed by atoms with Gasteiger partial charge in [0.1, 0.15) is 25.6 Å². The molecule has 6 heteroatoms. The first kappa shape index (κ1) is 27.1. The molecular formula is C28H42F4O2. The quantitative estimate of drug-likeness (QED) is 0.275. The second kappa shape index (κ2) is 13.6. The molecule has 2 aliphatic carbocycles. The highest BCUT2D eigenvalue weighted by atomic mass is 19.2. The summed E-state index contributed by atoms with van der Waals surface area (Å²) in [5, 5.41) is 0. The van der Waals surface area contributed by atoms with Crippen LogP contribution >= 0.6 is 0 Å². The Morgan fingerprint density at radius 3 is 1.59 bits per heavy atom. The molecule has 0 radical (unpaired) electrons. The lowest BCUT2D eigenvalue weighted by Crippen LogP contribution is -2.22. The fourth-order valence-corrected chi connectivity index (χ4v) is 5.69. The summed E-state index contributed by atoms with van der Waals surface area (Å²) in [6.45, 7) is 3.79. The molecule has 0 aromatic heterocycles. The molecule has 2 atom stereocenters. The number of alkyl halides is 2. The Labute approximate surface area is 202 Å². The van der Waals surface area contributed by atoms with Crippen LogP contribution in [-0.2, 0) is 0 Å². The molecule has 34 heavy (non-hydrogen) atoms. The van der Waals surface area contributed by atoms with Crippen LogP contribution in [-0.4, -0.2) is 25.6 Å². The summed E-state index contributed by atoms with van der Waals surface area (Å²) in [5.74, 6) is -1.01. The Balaban J connectivity index is 1.40. The third-order valence-corrected chi connectivity index (χ3v) is 7.83. The lowest BCUT2D eigenvalue weighted by molar-refractivity contribution is 0.138. The van der Waals surface area contributed by atoms with Crippen molar-refractivity contribution in [1.82, 2.24) is 0 Å². The topological polar surface area (TPSA) is 18.5 Å². The maximum atomic E-state index is 14.4. The standard InChI is InChI=1S/C28H42F4O2/c1-3-4-20-9-11-22(12-10-20)16-24(30)18-34-26-14-13-25(27(31)28(26)32)33-17-23(29)15-21-7-5-19(2)6-8-21/h13-14,19-24H,3-12,15-18H2,1-2H3. The van der Waals surface area contributed by atoms with Gasteiger partial charge in [0.05, 0.1) is 0 Å². The van der Waals surface area contributed by atoms with Crippen LogP contribution in [0.3, 0.4) is 0 Å². The highest BCUT2D eigenvalue weighted by molar-refractivity contribution is 5.35. The van der Waals surface area contributed by atoms with Crippen LogP contribution in [0.5, 0.6) is 11.5 Å². The number of benzene rings is 1. The van der Waals surface area contributed by atoms with Crippen molar-refractivity contribution in [3.05, 3.63) is 23.8 Å². The van der Waals surface area contributed by atoms with Crippen molar-refractivity contribution in [3.63, 3.8) is 0 Å². The van der Waals surface area contributed by atoms with E-state index in [4.69, 9.17) is 9.47 Å². The molecular weight excluding hydrogens is 444 g/mol. The molecule has 0 aliphatic heterocycles. The zero-order valence-electron chi connectivity index (χ0n) is 20.8. The molecule has 2 nitrogen and oxygen atoms in total. The monoisotopic (exact) mass is 486 g/mol. The summed E-state index contributed by atoms with van der Waals surface area (Å²) in [7, 11) is 0. The Morgan fingerprint density at radius 2 is 1.15 bits per heavy atom. The van der Waals surface area contributed by atoms with E-state index in [1.54, 1.807) is 0 Å². The van der Waals surface area contributed by atoms with Crippen LogP contribution in [0.1, 0.15) is 90.9 Å². The highest BCUT2D eigenvalue weighted by Gasteiger charge is 2.25. The Morgan fingerprint density at radius 1 is 0.735 bits per heavy atom. The fourth-order valence-electron chi connectivity index (χ4n) is 5.69. The first-order valence-electron chi connectivity index (χ1n) is 13.4. The van der Waals surface area contributed by atoms with E-state index in [-0.39, 0.29) is 24.7 Å². The molecule has 3 rings (SSSR count). The summed E-state index contributed by atoms with van der Waals surface area (Å²) in [4.78, 5) is 0. The molecule has 2 saturated carbocycles. The van der Waals surface area contributed by atoms with E-state index in [0.717, 1.165) is 57.3 Å². The van der Waals surface area contributed by atoms with Gasteiger partial charge in [0, 0.05) is 0 Å². The van der Waals surface area contributed by atoms with Crippen molar-refractivity contribution in [2.24, 2.45) is 23.7 Å². The lowest BCUT2D eigenvalue weighted by atomic mass is 9.78. The minimum absolute atomic E-state index is 0.308. The van der Waals surface area contributed by atoms with Gasteiger partial charge in [0.2, 0.25) is 11.6 Å². The maximum absolute atomic E-state index is 14.4. The number of hydrogen-bond donors (Lipinski definition) is 0. The predicted octanol–water partition coefficient (Wildman–Crippen LogP) is 8.61. The van der Waals surface area contributed by atoms with Gasteiger partial charge in [-0.2, -0.15) is 8.78 Å². The van der Waals surface area contributed by atoms with Crippen molar-refractivity contribution in [2.45, 2.75) is 103 Å². The maximum Gasteiger partial charge on any atom is 0.204 e. The van der Waals surface area contributed by atoms with Gasteiger partial charge in [-0.1, -0.05) is 78.1 Å². The molecule has 0 amide bonds. The number of ether oxygens (including phenoxy) is 2. The third-order valence-electron chi connectivity index (χ3n) is 7.83. The average molecular weight is 487 g/mol. The molecule has 0 saturated heterocycles. The Hall–Kier alpha value is -1.46. The van der Waals surface area contributed by atoms with Gasteiger partial charge in [-0.15, -0.1) is 0 Å². The molecule has 0 N–H and O–H groups in total. The summed E-state index contributed by atoms with van der Waals surface area (Å²) in [6, 6.07) is 2.46. The van der Waals surface area contributed by atoms with Crippen molar-refractivity contribution in [1.29, 1.82) is 0 Å². The number of hydrogen-bond acceptors (Lipinski definition) is 2. The van der Waals surface area contributed by atoms with Crippen LogP contribution in [0, 0.1) is 35.3 Å². The second-order valence-electron chi connectivity index (χ2n) is 10.8. The van der Waals surface area contributed by atoms with E-state index in [2.05, 4.69) is 13.8 Å². The minimum atomic E-state index is -1.22. The van der Waals surface area contributed by atoms with E-state index in [1.807, 2.05) is 0 Å². The normalized spacial score (nSPS) is 27.2. The molecule has 1 aromatic rings. The smallest absolute Gasteiger partial charge is 0.204 e.